The van der Waals surface area contributed by atoms with E-state index in [-0.39, 0.29) is 11.9 Å². The molecule has 8 nitrogen and oxygen atoms in total. The summed E-state index contributed by atoms with van der Waals surface area (Å²) in [5.74, 6) is -0.741. The molecule has 29 heavy (non-hydrogen) atoms. The first kappa shape index (κ1) is 21.4. The number of hydrogen-bond acceptors (Lipinski definition) is 6. The number of aliphatic hydroxyl groups is 1. The number of nitroso groups, excluding NO2 is 1. The van der Waals surface area contributed by atoms with Crippen LogP contribution in [0, 0.1) is 17.7 Å². The number of rotatable bonds is 3. The molecule has 1 aliphatic heterocycles. The van der Waals surface area contributed by atoms with Crippen LogP contribution in [0.1, 0.15) is 43.7 Å². The number of carbonyl (C=O) groups excluding carboxylic acids is 2. The molecule has 4 unspecified atom stereocenters. The highest BCUT2D eigenvalue weighted by atomic mass is 16.3. The summed E-state index contributed by atoms with van der Waals surface area (Å²) in [7, 11) is 3.46. The normalized spacial score (nSPS) is 32.2. The smallest absolute Gasteiger partial charge is 0.321 e. The first-order valence-electron chi connectivity index (χ1n) is 10.1. The van der Waals surface area contributed by atoms with Crippen LogP contribution in [-0.4, -0.2) is 54.2 Å². The predicted molar refractivity (Wildman–Crippen MR) is 110 cm³/mol. The lowest BCUT2D eigenvalue weighted by atomic mass is 9.51. The molecule has 3 amide bonds. The number of aryl methyl sites for hydroxylation is 1. The number of likely N-dealkylation sites (tertiary alicyclic amines) is 1. The summed E-state index contributed by atoms with van der Waals surface area (Å²) in [6, 6.07) is 4.61. The van der Waals surface area contributed by atoms with Gasteiger partial charge in [-0.15, -0.1) is 4.91 Å². The third-order valence-corrected chi connectivity index (χ3v) is 7.22. The lowest BCUT2D eigenvalue weighted by molar-refractivity contribution is -0.162. The van der Waals surface area contributed by atoms with E-state index in [0.29, 0.717) is 31.4 Å². The van der Waals surface area contributed by atoms with Crippen molar-refractivity contribution < 1.29 is 14.7 Å². The summed E-state index contributed by atoms with van der Waals surface area (Å²) in [6.07, 6.45) is 1.98. The number of imide groups is 1. The zero-order valence-electron chi connectivity index (χ0n) is 17.5. The monoisotopic (exact) mass is 402 g/mol. The van der Waals surface area contributed by atoms with Gasteiger partial charge in [-0.25, -0.2) is 4.79 Å². The highest BCUT2D eigenvalue weighted by Crippen LogP contribution is 2.56. The molecule has 0 bridgehead atoms. The fraction of sp³-hybridized carbons (Fsp3) is 0.619. The van der Waals surface area contributed by atoms with Crippen molar-refractivity contribution in [1.82, 2.24) is 15.5 Å². The van der Waals surface area contributed by atoms with Crippen LogP contribution in [0.15, 0.2) is 23.4 Å². The van der Waals surface area contributed by atoms with Crippen molar-refractivity contribution >= 4 is 17.6 Å². The van der Waals surface area contributed by atoms with Gasteiger partial charge in [-0.2, -0.15) is 0 Å². The molecule has 1 aromatic rings. The van der Waals surface area contributed by atoms with E-state index in [1.165, 1.54) is 7.05 Å². The Bertz CT molecular complexity index is 829. The van der Waals surface area contributed by atoms with Crippen molar-refractivity contribution in [3.05, 3.63) is 34.2 Å². The van der Waals surface area contributed by atoms with E-state index >= 15 is 0 Å². The second-order valence-electron chi connectivity index (χ2n) is 8.51. The number of amides is 3. The third-order valence-electron chi connectivity index (χ3n) is 7.22. The highest BCUT2D eigenvalue weighted by molar-refractivity contribution is 5.95. The summed E-state index contributed by atoms with van der Waals surface area (Å²) in [5.41, 5.74) is 0.378. The number of nitrogens with one attached hydrogen (secondary N) is 2. The molecule has 1 aliphatic carbocycles. The minimum atomic E-state index is -1.06. The van der Waals surface area contributed by atoms with Gasteiger partial charge in [-0.1, -0.05) is 6.07 Å². The molecule has 158 valence electrons. The number of benzene rings is 1. The fourth-order valence-electron chi connectivity index (χ4n) is 5.35. The largest absolute Gasteiger partial charge is 0.387 e. The summed E-state index contributed by atoms with van der Waals surface area (Å²) in [5, 5.41) is 19.9. The summed E-state index contributed by atoms with van der Waals surface area (Å²) in [4.78, 5) is 37.7. The van der Waals surface area contributed by atoms with E-state index in [2.05, 4.69) is 20.7 Å². The lowest BCUT2D eigenvalue weighted by Crippen LogP contribution is -2.69. The van der Waals surface area contributed by atoms with E-state index < -0.39 is 23.0 Å². The third kappa shape index (κ3) is 3.44. The van der Waals surface area contributed by atoms with E-state index in [0.717, 1.165) is 17.7 Å². The van der Waals surface area contributed by atoms with Crippen molar-refractivity contribution in [2.45, 2.75) is 56.6 Å². The van der Waals surface area contributed by atoms with Gasteiger partial charge in [0.25, 0.3) is 0 Å². The van der Waals surface area contributed by atoms with Crippen LogP contribution in [0.3, 0.4) is 0 Å². The molecular formula is C21H30N4O4. The molecule has 1 heterocycles. The Morgan fingerprint density at radius 3 is 2.69 bits per heavy atom. The quantitative estimate of drug-likeness (QED) is 0.672. The van der Waals surface area contributed by atoms with Gasteiger partial charge in [0.1, 0.15) is 5.69 Å². The second-order valence-corrected chi connectivity index (χ2v) is 8.51. The summed E-state index contributed by atoms with van der Waals surface area (Å²) < 4.78 is 0. The summed E-state index contributed by atoms with van der Waals surface area (Å²) in [6.45, 7) is 4.72. The van der Waals surface area contributed by atoms with Crippen molar-refractivity contribution in [3.63, 3.8) is 0 Å². The average Bonchev–Trinajstić information content (AvgIpc) is 2.71. The molecule has 0 aromatic heterocycles. The van der Waals surface area contributed by atoms with Crippen LogP contribution in [0.5, 0.6) is 0 Å². The van der Waals surface area contributed by atoms with Crippen LogP contribution in [-0.2, 0) is 10.2 Å². The minimum absolute atomic E-state index is 0.119. The number of fused-ring (bicyclic) bond motifs is 1. The van der Waals surface area contributed by atoms with Gasteiger partial charge < -0.3 is 15.3 Å². The van der Waals surface area contributed by atoms with Crippen LogP contribution in [0.2, 0.25) is 0 Å². The molecular weight excluding hydrogens is 372 g/mol. The van der Waals surface area contributed by atoms with Crippen LogP contribution in [0.4, 0.5) is 10.5 Å². The second kappa shape index (κ2) is 7.84. The zero-order valence-corrected chi connectivity index (χ0v) is 17.5. The fourth-order valence-corrected chi connectivity index (χ4v) is 5.35. The standard InChI is InChI=1S/C21H30N4O4/c1-13-5-6-16(24-29)11-17(13)20-9-10-25(4)14(2)21(20,28)8-7-15(12-20)18(26)23-19(27)22-3/h5-6,11,14-15,28H,7-10,12H2,1-4H3,(H2,22,23,26,27). The van der Waals surface area contributed by atoms with Crippen LogP contribution in [0.25, 0.3) is 0 Å². The average molecular weight is 402 g/mol. The molecule has 0 spiro atoms. The Morgan fingerprint density at radius 1 is 1.31 bits per heavy atom. The first-order chi connectivity index (χ1) is 13.7. The molecule has 0 radical (unpaired) electrons. The van der Waals surface area contributed by atoms with E-state index in [4.69, 9.17) is 0 Å². The molecule has 1 saturated heterocycles. The Morgan fingerprint density at radius 2 is 2.03 bits per heavy atom. The number of carbonyl (C=O) groups is 2. The Balaban J connectivity index is 2.09. The van der Waals surface area contributed by atoms with Crippen molar-refractivity contribution in [2.75, 3.05) is 20.6 Å². The van der Waals surface area contributed by atoms with Crippen molar-refractivity contribution in [3.8, 4) is 0 Å². The SMILES string of the molecule is CNC(=O)NC(=O)C1CCC2(O)C(C)N(C)CCC2(c2cc(N=O)ccc2C)C1. The number of hydrogen-bond donors (Lipinski definition) is 3. The topological polar surface area (TPSA) is 111 Å². The maximum Gasteiger partial charge on any atom is 0.321 e. The van der Waals surface area contributed by atoms with Crippen LogP contribution >= 0.6 is 0 Å². The maximum absolute atomic E-state index is 12.7. The Labute approximate surface area is 171 Å². The number of urea groups is 1. The lowest BCUT2D eigenvalue weighted by Gasteiger charge is -2.61. The van der Waals surface area contributed by atoms with Crippen molar-refractivity contribution in [2.24, 2.45) is 11.1 Å². The first-order valence-corrected chi connectivity index (χ1v) is 10.1. The van der Waals surface area contributed by atoms with Gasteiger partial charge in [0, 0.05) is 24.4 Å². The van der Waals surface area contributed by atoms with Gasteiger partial charge in [-0.3, -0.25) is 10.1 Å². The Kier molecular flexibility index (Phi) is 5.78. The molecule has 2 aliphatic rings. The number of likely N-dealkylation sites (N-methyl/N-ethyl adjacent to an activating group) is 1. The van der Waals surface area contributed by atoms with Crippen molar-refractivity contribution in [1.29, 1.82) is 0 Å². The van der Waals surface area contributed by atoms with Gasteiger partial charge in [-0.05, 0) is 81.6 Å². The summed E-state index contributed by atoms with van der Waals surface area (Å²) >= 11 is 0. The molecule has 3 N–H and O–H groups in total. The maximum atomic E-state index is 12.7. The zero-order chi connectivity index (χ0) is 21.4. The number of piperidine rings is 1. The molecule has 4 atom stereocenters. The van der Waals surface area contributed by atoms with Gasteiger partial charge >= 0.3 is 6.03 Å². The van der Waals surface area contributed by atoms with Gasteiger partial charge in [0.2, 0.25) is 5.91 Å². The molecule has 3 rings (SSSR count). The highest BCUT2D eigenvalue weighted by Gasteiger charge is 2.61. The Hall–Kier alpha value is -2.32. The van der Waals surface area contributed by atoms with Gasteiger partial charge in [0.15, 0.2) is 0 Å². The molecule has 8 heteroatoms. The van der Waals surface area contributed by atoms with E-state index in [9.17, 15) is 19.6 Å². The molecule has 2 fully saturated rings. The molecule has 1 saturated carbocycles. The number of nitrogens with zero attached hydrogens (tertiary/aromatic N) is 2. The van der Waals surface area contributed by atoms with Crippen LogP contribution < -0.4 is 10.6 Å². The minimum Gasteiger partial charge on any atom is -0.387 e. The molecule has 1 aromatic carbocycles. The predicted octanol–water partition coefficient (Wildman–Crippen LogP) is 2.34. The van der Waals surface area contributed by atoms with Gasteiger partial charge in [0.05, 0.1) is 5.60 Å². The van der Waals surface area contributed by atoms with E-state index in [1.54, 1.807) is 12.1 Å². The van der Waals surface area contributed by atoms with E-state index in [1.807, 2.05) is 27.0 Å².